The molecule has 0 aliphatic carbocycles. The maximum Gasteiger partial charge on any atom is 0.416 e. The topological polar surface area (TPSA) is 80.6 Å². The van der Waals surface area contributed by atoms with Gasteiger partial charge in [-0.1, -0.05) is 38.1 Å². The molecule has 42 heavy (non-hydrogen) atoms. The second kappa shape index (κ2) is 11.9. The van der Waals surface area contributed by atoms with Crippen molar-refractivity contribution in [3.8, 4) is 5.75 Å². The van der Waals surface area contributed by atoms with Gasteiger partial charge in [0, 0.05) is 28.7 Å². The molecule has 6 nitrogen and oxygen atoms in total. The van der Waals surface area contributed by atoms with Crippen molar-refractivity contribution in [1.82, 2.24) is 9.88 Å². The van der Waals surface area contributed by atoms with Gasteiger partial charge in [-0.2, -0.15) is 13.2 Å². The van der Waals surface area contributed by atoms with Gasteiger partial charge < -0.3 is 19.7 Å². The van der Waals surface area contributed by atoms with Crippen LogP contribution in [0.4, 0.5) is 13.2 Å². The van der Waals surface area contributed by atoms with Gasteiger partial charge in [-0.25, -0.2) is 4.79 Å². The molecule has 1 aromatic heterocycles. The summed E-state index contributed by atoms with van der Waals surface area (Å²) in [6, 6.07) is 16.5. The van der Waals surface area contributed by atoms with Crippen molar-refractivity contribution in [1.29, 1.82) is 0 Å². The lowest BCUT2D eigenvalue weighted by Gasteiger charge is -2.17. The molecule has 0 saturated heterocycles. The second-order valence-electron chi connectivity index (χ2n) is 11.0. The predicted octanol–water partition coefficient (Wildman–Crippen LogP) is 7.79. The van der Waals surface area contributed by atoms with E-state index in [-0.39, 0.29) is 24.2 Å². The van der Waals surface area contributed by atoms with Crippen molar-refractivity contribution < 1.29 is 32.6 Å². The number of nitrogens with zero attached hydrogens (tertiary/aromatic N) is 1. The summed E-state index contributed by atoms with van der Waals surface area (Å²) in [5.74, 6) is -1.31. The number of carboxylic acid groups (broad SMARTS) is 1. The predicted molar refractivity (Wildman–Crippen MR) is 156 cm³/mol. The summed E-state index contributed by atoms with van der Waals surface area (Å²) >= 11 is 0. The van der Waals surface area contributed by atoms with E-state index in [4.69, 9.17) is 9.84 Å². The summed E-state index contributed by atoms with van der Waals surface area (Å²) in [5.41, 5.74) is 4.56. The van der Waals surface area contributed by atoms with E-state index in [2.05, 4.69) is 31.3 Å². The lowest BCUT2D eigenvalue weighted by molar-refractivity contribution is -0.144. The number of hydrogen-bond donors (Lipinski definition) is 2. The van der Waals surface area contributed by atoms with Crippen LogP contribution in [-0.4, -0.2) is 27.7 Å². The molecule has 1 unspecified atom stereocenters. The van der Waals surface area contributed by atoms with Crippen molar-refractivity contribution in [2.24, 2.45) is 0 Å². The minimum atomic E-state index is -4.64. The maximum absolute atomic E-state index is 13.7. The number of amides is 1. The summed E-state index contributed by atoms with van der Waals surface area (Å²) in [7, 11) is 0. The fourth-order valence-electron chi connectivity index (χ4n) is 4.97. The zero-order valence-electron chi connectivity index (χ0n) is 24.5. The third-order valence-corrected chi connectivity index (χ3v) is 7.62. The van der Waals surface area contributed by atoms with Crippen LogP contribution in [0.25, 0.3) is 10.9 Å². The Balaban J connectivity index is 1.64. The molecule has 0 radical (unpaired) electrons. The minimum absolute atomic E-state index is 0.0900. The Morgan fingerprint density at radius 1 is 0.952 bits per heavy atom. The van der Waals surface area contributed by atoms with Crippen LogP contribution in [-0.2, 0) is 17.5 Å². The first-order valence-electron chi connectivity index (χ1n) is 13.8. The highest BCUT2D eigenvalue weighted by Crippen LogP contribution is 2.34. The van der Waals surface area contributed by atoms with Gasteiger partial charge in [-0.3, -0.25) is 4.79 Å². The van der Waals surface area contributed by atoms with Crippen molar-refractivity contribution in [2.75, 3.05) is 0 Å². The molecule has 4 rings (SSSR count). The van der Waals surface area contributed by atoms with Crippen LogP contribution in [0.3, 0.4) is 0 Å². The third-order valence-electron chi connectivity index (χ3n) is 7.62. The number of carboxylic acids is 1. The smallest absolute Gasteiger partial charge is 0.416 e. The van der Waals surface area contributed by atoms with Gasteiger partial charge in [-0.05, 0) is 92.3 Å². The van der Waals surface area contributed by atoms with E-state index in [0.717, 1.165) is 39.9 Å². The second-order valence-corrected chi connectivity index (χ2v) is 11.0. The number of aliphatic carboxylic acids is 1. The Kier molecular flexibility index (Phi) is 8.71. The number of benzene rings is 3. The standard InChI is InChI=1S/C33H35F3N2O4/c1-18(2)24-8-7-9-25(14-24)20(4)37-31(39)26-10-11-30-29(15-26)19(3)21(5)38(30)17-23-12-27(33(34,35)36)16-28(13-23)42-22(6)32(40)41/h7-16,18,20,22H,17H2,1-6H3,(H,37,39)(H,40,41)/t20-,22?/m0/s1. The monoisotopic (exact) mass is 580 g/mol. The summed E-state index contributed by atoms with van der Waals surface area (Å²) in [4.78, 5) is 24.4. The minimum Gasteiger partial charge on any atom is -0.479 e. The fourth-order valence-corrected chi connectivity index (χ4v) is 4.97. The zero-order valence-corrected chi connectivity index (χ0v) is 24.5. The molecule has 0 bridgehead atoms. The molecule has 222 valence electrons. The molecule has 0 fully saturated rings. The Hall–Kier alpha value is -4.27. The van der Waals surface area contributed by atoms with Crippen LogP contribution in [0, 0.1) is 13.8 Å². The fraction of sp³-hybridized carbons (Fsp3) is 0.333. The quantitative estimate of drug-likeness (QED) is 0.212. The first-order chi connectivity index (χ1) is 19.6. The normalized spacial score (nSPS) is 13.3. The van der Waals surface area contributed by atoms with Gasteiger partial charge >= 0.3 is 12.1 Å². The highest BCUT2D eigenvalue weighted by molar-refractivity contribution is 5.99. The van der Waals surface area contributed by atoms with Gasteiger partial charge in [0.15, 0.2) is 6.10 Å². The number of carbonyl (C=O) groups is 2. The lowest BCUT2D eigenvalue weighted by atomic mass is 9.98. The average Bonchev–Trinajstić information content (AvgIpc) is 3.16. The van der Waals surface area contributed by atoms with Gasteiger partial charge in [0.1, 0.15) is 5.75 Å². The summed E-state index contributed by atoms with van der Waals surface area (Å²) in [5, 5.41) is 13.0. The molecule has 4 aromatic rings. The van der Waals surface area contributed by atoms with Gasteiger partial charge in [0.05, 0.1) is 11.6 Å². The van der Waals surface area contributed by atoms with Crippen molar-refractivity contribution in [3.05, 3.63) is 99.7 Å². The molecule has 0 aliphatic heterocycles. The lowest BCUT2D eigenvalue weighted by Crippen LogP contribution is -2.26. The highest BCUT2D eigenvalue weighted by Gasteiger charge is 2.32. The van der Waals surface area contributed by atoms with Crippen LogP contribution < -0.4 is 10.1 Å². The first-order valence-corrected chi connectivity index (χ1v) is 13.8. The van der Waals surface area contributed by atoms with Crippen molar-refractivity contribution >= 4 is 22.8 Å². The van der Waals surface area contributed by atoms with Gasteiger partial charge in [0.25, 0.3) is 5.91 Å². The number of rotatable bonds is 9. The van der Waals surface area contributed by atoms with Crippen LogP contribution >= 0.6 is 0 Å². The zero-order chi connectivity index (χ0) is 30.9. The van der Waals surface area contributed by atoms with E-state index >= 15 is 0 Å². The average molecular weight is 581 g/mol. The molecule has 0 saturated carbocycles. The number of ether oxygens (including phenoxy) is 1. The van der Waals surface area contributed by atoms with E-state index in [9.17, 15) is 22.8 Å². The van der Waals surface area contributed by atoms with E-state index in [1.165, 1.54) is 18.6 Å². The molecular formula is C33H35F3N2O4. The Morgan fingerprint density at radius 2 is 1.64 bits per heavy atom. The Morgan fingerprint density at radius 3 is 2.29 bits per heavy atom. The van der Waals surface area contributed by atoms with Gasteiger partial charge in [-0.15, -0.1) is 0 Å². The number of fused-ring (bicyclic) bond motifs is 1. The molecule has 9 heteroatoms. The maximum atomic E-state index is 13.7. The van der Waals surface area contributed by atoms with Crippen molar-refractivity contribution in [2.45, 2.75) is 72.3 Å². The van der Waals surface area contributed by atoms with E-state index < -0.39 is 23.8 Å². The molecule has 1 heterocycles. The van der Waals surface area contributed by atoms with Crippen LogP contribution in [0.2, 0.25) is 0 Å². The van der Waals surface area contributed by atoms with Gasteiger partial charge in [0.2, 0.25) is 0 Å². The van der Waals surface area contributed by atoms with Crippen LogP contribution in [0.15, 0.2) is 60.7 Å². The summed E-state index contributed by atoms with van der Waals surface area (Å²) in [6.07, 6.45) is -5.95. The summed E-state index contributed by atoms with van der Waals surface area (Å²) < 4.78 is 48.2. The van der Waals surface area contributed by atoms with E-state index in [0.29, 0.717) is 17.0 Å². The SMILES string of the molecule is Cc1c(C)n(Cc2cc(OC(C)C(=O)O)cc(C(F)(F)F)c2)c2ccc(C(=O)N[C@@H](C)c3cccc(C(C)C)c3)cc12. The number of hydrogen-bond acceptors (Lipinski definition) is 3. The highest BCUT2D eigenvalue weighted by atomic mass is 19.4. The molecule has 3 aromatic carbocycles. The molecule has 0 aliphatic rings. The van der Waals surface area contributed by atoms with Crippen LogP contribution in [0.5, 0.6) is 5.75 Å². The molecule has 2 atom stereocenters. The van der Waals surface area contributed by atoms with E-state index in [1.54, 1.807) is 18.2 Å². The number of nitrogens with one attached hydrogen (secondary N) is 1. The van der Waals surface area contributed by atoms with Crippen LogP contribution in [0.1, 0.15) is 83.5 Å². The molecule has 2 N–H and O–H groups in total. The number of halogens is 3. The van der Waals surface area contributed by atoms with E-state index in [1.807, 2.05) is 37.5 Å². The Labute approximate surface area is 243 Å². The number of aryl methyl sites for hydroxylation is 1. The first kappa shape index (κ1) is 30.7. The molecule has 1 amide bonds. The number of alkyl halides is 3. The third kappa shape index (κ3) is 6.61. The largest absolute Gasteiger partial charge is 0.479 e. The summed E-state index contributed by atoms with van der Waals surface area (Å²) in [6.45, 7) is 11.3. The molecule has 0 spiro atoms. The van der Waals surface area contributed by atoms with Crippen molar-refractivity contribution in [3.63, 3.8) is 0 Å². The Bertz CT molecular complexity index is 1640. The number of aromatic nitrogens is 1. The molecular weight excluding hydrogens is 545 g/mol. The number of carbonyl (C=O) groups excluding carboxylic acids is 1.